The molecule has 0 heterocycles. The SMILES string of the molecule is Cc1ccc(F)c(NCCC(N)=O)c1. The molecule has 0 saturated carbocycles. The minimum absolute atomic E-state index is 0.202. The summed E-state index contributed by atoms with van der Waals surface area (Å²) in [5, 5.41) is 2.81. The molecule has 0 atom stereocenters. The number of hydrogen-bond donors (Lipinski definition) is 2. The van der Waals surface area contributed by atoms with E-state index in [9.17, 15) is 9.18 Å². The van der Waals surface area contributed by atoms with Gasteiger partial charge in [0.15, 0.2) is 0 Å². The molecule has 0 bridgehead atoms. The number of rotatable bonds is 4. The second-order valence-corrected chi connectivity index (χ2v) is 3.13. The molecule has 1 aromatic carbocycles. The Hall–Kier alpha value is -1.58. The van der Waals surface area contributed by atoms with Gasteiger partial charge in [-0.15, -0.1) is 0 Å². The van der Waals surface area contributed by atoms with E-state index in [0.29, 0.717) is 12.2 Å². The molecule has 3 N–H and O–H groups in total. The van der Waals surface area contributed by atoms with Crippen LogP contribution in [-0.4, -0.2) is 12.5 Å². The standard InChI is InChI=1S/C10H13FN2O/c1-7-2-3-8(11)9(6-7)13-5-4-10(12)14/h2-3,6,13H,4-5H2,1H3,(H2,12,14). The van der Waals surface area contributed by atoms with Gasteiger partial charge < -0.3 is 11.1 Å². The summed E-state index contributed by atoms with van der Waals surface area (Å²) in [5.74, 6) is -0.717. The lowest BCUT2D eigenvalue weighted by molar-refractivity contribution is -0.117. The van der Waals surface area contributed by atoms with E-state index in [-0.39, 0.29) is 12.2 Å². The highest BCUT2D eigenvalue weighted by Crippen LogP contribution is 2.15. The Morgan fingerprint density at radius 1 is 1.57 bits per heavy atom. The molecule has 0 fully saturated rings. The Morgan fingerprint density at radius 2 is 2.29 bits per heavy atom. The number of carbonyl (C=O) groups excluding carboxylic acids is 1. The monoisotopic (exact) mass is 196 g/mol. The van der Waals surface area contributed by atoms with Gasteiger partial charge in [0.05, 0.1) is 5.69 Å². The van der Waals surface area contributed by atoms with E-state index in [1.165, 1.54) is 6.07 Å². The Bertz CT molecular complexity index is 339. The molecule has 0 unspecified atom stereocenters. The minimum atomic E-state index is -0.398. The number of primary amides is 1. The van der Waals surface area contributed by atoms with E-state index in [1.54, 1.807) is 12.1 Å². The zero-order valence-electron chi connectivity index (χ0n) is 8.01. The fraction of sp³-hybridized carbons (Fsp3) is 0.300. The van der Waals surface area contributed by atoms with Crippen LogP contribution in [0.25, 0.3) is 0 Å². The summed E-state index contributed by atoms with van der Waals surface area (Å²) in [6, 6.07) is 4.77. The first-order valence-electron chi connectivity index (χ1n) is 4.38. The second kappa shape index (κ2) is 4.60. The lowest BCUT2D eigenvalue weighted by Crippen LogP contribution is -2.16. The van der Waals surface area contributed by atoms with Crippen LogP contribution >= 0.6 is 0 Å². The van der Waals surface area contributed by atoms with Crippen LogP contribution in [0.2, 0.25) is 0 Å². The number of nitrogens with two attached hydrogens (primary N) is 1. The molecule has 1 aromatic rings. The van der Waals surface area contributed by atoms with Crippen molar-refractivity contribution in [3.63, 3.8) is 0 Å². The number of hydrogen-bond acceptors (Lipinski definition) is 2. The van der Waals surface area contributed by atoms with E-state index in [4.69, 9.17) is 5.73 Å². The van der Waals surface area contributed by atoms with E-state index in [0.717, 1.165) is 5.56 Å². The van der Waals surface area contributed by atoms with Crippen LogP contribution < -0.4 is 11.1 Å². The molecule has 0 radical (unpaired) electrons. The van der Waals surface area contributed by atoms with Crippen molar-refractivity contribution in [3.8, 4) is 0 Å². The fourth-order valence-electron chi connectivity index (χ4n) is 1.09. The van der Waals surface area contributed by atoms with Crippen molar-refractivity contribution in [3.05, 3.63) is 29.6 Å². The summed E-state index contributed by atoms with van der Waals surface area (Å²) >= 11 is 0. The lowest BCUT2D eigenvalue weighted by Gasteiger charge is -2.06. The van der Waals surface area contributed by atoms with E-state index in [1.807, 2.05) is 6.92 Å². The van der Waals surface area contributed by atoms with E-state index < -0.39 is 5.91 Å². The highest BCUT2D eigenvalue weighted by atomic mass is 19.1. The number of carbonyl (C=O) groups is 1. The van der Waals surface area contributed by atoms with Crippen molar-refractivity contribution in [2.75, 3.05) is 11.9 Å². The smallest absolute Gasteiger partial charge is 0.219 e. The number of anilines is 1. The van der Waals surface area contributed by atoms with Gasteiger partial charge in [-0.1, -0.05) is 6.07 Å². The molecule has 0 aliphatic rings. The molecule has 3 nitrogen and oxygen atoms in total. The fourth-order valence-corrected chi connectivity index (χ4v) is 1.09. The van der Waals surface area contributed by atoms with Crippen molar-refractivity contribution < 1.29 is 9.18 Å². The number of aryl methyl sites for hydroxylation is 1. The third-order valence-electron chi connectivity index (χ3n) is 1.81. The van der Waals surface area contributed by atoms with Crippen LogP contribution in [0.4, 0.5) is 10.1 Å². The normalized spacial score (nSPS) is 9.86. The third-order valence-corrected chi connectivity index (χ3v) is 1.81. The second-order valence-electron chi connectivity index (χ2n) is 3.13. The van der Waals surface area contributed by atoms with Crippen LogP contribution in [0.15, 0.2) is 18.2 Å². The van der Waals surface area contributed by atoms with E-state index in [2.05, 4.69) is 5.32 Å². The summed E-state index contributed by atoms with van der Waals surface area (Å²) in [4.78, 5) is 10.4. The average Bonchev–Trinajstić information content (AvgIpc) is 2.10. The summed E-state index contributed by atoms with van der Waals surface area (Å²) in [5.41, 5.74) is 6.33. The van der Waals surface area contributed by atoms with Crippen molar-refractivity contribution in [1.82, 2.24) is 0 Å². The molecular weight excluding hydrogens is 183 g/mol. The third kappa shape index (κ3) is 3.05. The number of nitrogens with one attached hydrogen (secondary N) is 1. The first-order valence-corrected chi connectivity index (χ1v) is 4.38. The highest BCUT2D eigenvalue weighted by molar-refractivity contribution is 5.74. The molecule has 1 rings (SSSR count). The van der Waals surface area contributed by atoms with Crippen molar-refractivity contribution in [2.45, 2.75) is 13.3 Å². The van der Waals surface area contributed by atoms with Gasteiger partial charge in [-0.05, 0) is 24.6 Å². The maximum absolute atomic E-state index is 13.1. The van der Waals surface area contributed by atoms with Gasteiger partial charge in [0.1, 0.15) is 5.82 Å². The highest BCUT2D eigenvalue weighted by Gasteiger charge is 2.01. The van der Waals surface area contributed by atoms with Crippen LogP contribution in [0.1, 0.15) is 12.0 Å². The van der Waals surface area contributed by atoms with Gasteiger partial charge in [0, 0.05) is 13.0 Å². The van der Waals surface area contributed by atoms with Crippen LogP contribution in [-0.2, 0) is 4.79 Å². The Morgan fingerprint density at radius 3 is 2.93 bits per heavy atom. The minimum Gasteiger partial charge on any atom is -0.382 e. The Kier molecular flexibility index (Phi) is 3.45. The molecule has 0 saturated heterocycles. The van der Waals surface area contributed by atoms with Crippen molar-refractivity contribution in [2.24, 2.45) is 5.73 Å². The van der Waals surface area contributed by atoms with Gasteiger partial charge in [-0.25, -0.2) is 4.39 Å². The first kappa shape index (κ1) is 10.5. The van der Waals surface area contributed by atoms with Crippen LogP contribution in [0.5, 0.6) is 0 Å². The molecule has 0 spiro atoms. The quantitative estimate of drug-likeness (QED) is 0.765. The van der Waals surface area contributed by atoms with Gasteiger partial charge in [-0.2, -0.15) is 0 Å². The van der Waals surface area contributed by atoms with Gasteiger partial charge >= 0.3 is 0 Å². The van der Waals surface area contributed by atoms with Crippen molar-refractivity contribution in [1.29, 1.82) is 0 Å². The number of benzene rings is 1. The lowest BCUT2D eigenvalue weighted by atomic mass is 10.2. The molecule has 4 heteroatoms. The summed E-state index contributed by atoms with van der Waals surface area (Å²) in [6.45, 7) is 2.23. The largest absolute Gasteiger partial charge is 0.382 e. The molecule has 76 valence electrons. The van der Waals surface area contributed by atoms with Gasteiger partial charge in [-0.3, -0.25) is 4.79 Å². The number of halogens is 1. The van der Waals surface area contributed by atoms with Crippen LogP contribution in [0, 0.1) is 12.7 Å². The molecule has 0 aliphatic carbocycles. The molecule has 1 amide bonds. The molecular formula is C10H13FN2O. The van der Waals surface area contributed by atoms with Crippen molar-refractivity contribution >= 4 is 11.6 Å². The van der Waals surface area contributed by atoms with Crippen LogP contribution in [0.3, 0.4) is 0 Å². The average molecular weight is 196 g/mol. The predicted octanol–water partition coefficient (Wildman–Crippen LogP) is 1.42. The maximum atomic E-state index is 13.1. The maximum Gasteiger partial charge on any atom is 0.219 e. The molecule has 0 aromatic heterocycles. The topological polar surface area (TPSA) is 55.1 Å². The zero-order chi connectivity index (χ0) is 10.6. The summed E-state index contributed by atoms with van der Waals surface area (Å²) < 4.78 is 13.1. The molecule has 14 heavy (non-hydrogen) atoms. The van der Waals surface area contributed by atoms with Gasteiger partial charge in [0.25, 0.3) is 0 Å². The molecule has 0 aliphatic heterocycles. The first-order chi connectivity index (χ1) is 6.59. The Balaban J connectivity index is 2.57. The zero-order valence-corrected chi connectivity index (χ0v) is 8.01. The summed E-state index contributed by atoms with van der Waals surface area (Å²) in [7, 11) is 0. The predicted molar refractivity (Wildman–Crippen MR) is 53.4 cm³/mol. The number of amides is 1. The Labute approximate surface area is 82.1 Å². The van der Waals surface area contributed by atoms with Gasteiger partial charge in [0.2, 0.25) is 5.91 Å². The summed E-state index contributed by atoms with van der Waals surface area (Å²) in [6.07, 6.45) is 0.202. The van der Waals surface area contributed by atoms with E-state index >= 15 is 0 Å².